The molecule has 20 heavy (non-hydrogen) atoms. The van der Waals surface area contributed by atoms with Gasteiger partial charge in [-0.1, -0.05) is 24.3 Å². The lowest BCUT2D eigenvalue weighted by molar-refractivity contribution is 0.281. The second-order valence-electron chi connectivity index (χ2n) is 4.77. The van der Waals surface area contributed by atoms with E-state index in [0.717, 1.165) is 12.0 Å². The van der Waals surface area contributed by atoms with Gasteiger partial charge in [0.15, 0.2) is 11.6 Å². The van der Waals surface area contributed by atoms with Crippen LogP contribution in [0.25, 0.3) is 0 Å². The number of hydrogen-bond donors (Lipinski definition) is 1. The van der Waals surface area contributed by atoms with Gasteiger partial charge in [-0.15, -0.1) is 5.10 Å². The van der Waals surface area contributed by atoms with Gasteiger partial charge in [-0.3, -0.25) is 4.68 Å². The first-order chi connectivity index (χ1) is 9.60. The van der Waals surface area contributed by atoms with Crippen LogP contribution in [0, 0.1) is 5.82 Å². The molecule has 0 aliphatic heterocycles. The fraction of sp³-hybridized carbons (Fsp3) is 0.429. The lowest BCUT2D eigenvalue weighted by Gasteiger charge is -2.14. The zero-order chi connectivity index (χ0) is 14.5. The van der Waals surface area contributed by atoms with Crippen molar-refractivity contribution in [2.75, 3.05) is 0 Å². The maximum atomic E-state index is 13.9. The summed E-state index contributed by atoms with van der Waals surface area (Å²) in [6, 6.07) is 4.88. The van der Waals surface area contributed by atoms with E-state index in [1.807, 2.05) is 13.0 Å². The number of aryl methyl sites for hydroxylation is 1. The lowest BCUT2D eigenvalue weighted by Crippen LogP contribution is -2.22. The number of benzene rings is 1. The van der Waals surface area contributed by atoms with E-state index in [4.69, 9.17) is 10.5 Å². The van der Waals surface area contributed by atoms with Gasteiger partial charge in [0, 0.05) is 13.1 Å². The highest BCUT2D eigenvalue weighted by atomic mass is 19.1. The number of nitrogens with two attached hydrogens (primary N) is 1. The van der Waals surface area contributed by atoms with Gasteiger partial charge in [0.25, 0.3) is 0 Å². The molecule has 0 saturated carbocycles. The Morgan fingerprint density at radius 1 is 1.45 bits per heavy atom. The van der Waals surface area contributed by atoms with Crippen molar-refractivity contribution in [3.8, 4) is 5.75 Å². The molecule has 6 heteroatoms. The first-order valence-corrected chi connectivity index (χ1v) is 6.61. The first kappa shape index (κ1) is 14.5. The fourth-order valence-electron chi connectivity index (χ4n) is 1.91. The van der Waals surface area contributed by atoms with Gasteiger partial charge in [0.05, 0.1) is 6.20 Å². The van der Waals surface area contributed by atoms with Crippen LogP contribution in [0.15, 0.2) is 24.4 Å². The third-order valence-electron chi connectivity index (χ3n) is 3.07. The number of aromatic nitrogens is 3. The molecule has 1 atom stereocenters. The molecule has 108 valence electrons. The standard InChI is InChI=1S/C14H19FN4O/c1-3-11(16)7-10-5-4-6-13(15)14(10)20-9-12-8-19(2)18-17-12/h4-6,8,11H,3,7,9,16H2,1-2H3. The van der Waals surface area contributed by atoms with Crippen LogP contribution in [0.4, 0.5) is 4.39 Å². The van der Waals surface area contributed by atoms with Crippen molar-refractivity contribution in [3.05, 3.63) is 41.5 Å². The van der Waals surface area contributed by atoms with Crippen LogP contribution in [0.3, 0.4) is 0 Å². The quantitative estimate of drug-likeness (QED) is 0.875. The van der Waals surface area contributed by atoms with Crippen LogP contribution in [0.1, 0.15) is 24.6 Å². The molecule has 2 rings (SSSR count). The number of halogens is 1. The molecule has 0 bridgehead atoms. The van der Waals surface area contributed by atoms with Crippen LogP contribution >= 0.6 is 0 Å². The third-order valence-corrected chi connectivity index (χ3v) is 3.07. The van der Waals surface area contributed by atoms with Gasteiger partial charge in [0.2, 0.25) is 0 Å². The van der Waals surface area contributed by atoms with Gasteiger partial charge in [-0.25, -0.2) is 4.39 Å². The zero-order valence-corrected chi connectivity index (χ0v) is 11.7. The summed E-state index contributed by atoms with van der Waals surface area (Å²) >= 11 is 0. The van der Waals surface area contributed by atoms with E-state index in [9.17, 15) is 4.39 Å². The largest absolute Gasteiger partial charge is 0.484 e. The Balaban J connectivity index is 2.12. The molecule has 5 nitrogen and oxygen atoms in total. The van der Waals surface area contributed by atoms with Crippen molar-refractivity contribution in [2.45, 2.75) is 32.4 Å². The second kappa shape index (κ2) is 6.47. The van der Waals surface area contributed by atoms with Crippen molar-refractivity contribution < 1.29 is 9.13 Å². The molecule has 0 aliphatic rings. The third kappa shape index (κ3) is 3.54. The number of rotatable bonds is 6. The summed E-state index contributed by atoms with van der Waals surface area (Å²) < 4.78 is 21.0. The average molecular weight is 278 g/mol. The predicted molar refractivity (Wildman–Crippen MR) is 73.7 cm³/mol. The van der Waals surface area contributed by atoms with Crippen LogP contribution in [-0.2, 0) is 20.1 Å². The summed E-state index contributed by atoms with van der Waals surface area (Å²) in [4.78, 5) is 0. The van der Waals surface area contributed by atoms with E-state index in [2.05, 4.69) is 10.3 Å². The summed E-state index contributed by atoms with van der Waals surface area (Å²) in [6.45, 7) is 2.19. The van der Waals surface area contributed by atoms with Crippen LogP contribution in [-0.4, -0.2) is 21.0 Å². The maximum Gasteiger partial charge on any atom is 0.165 e. The van der Waals surface area contributed by atoms with Crippen molar-refractivity contribution in [1.29, 1.82) is 0 Å². The Hall–Kier alpha value is -1.95. The van der Waals surface area contributed by atoms with E-state index in [0.29, 0.717) is 12.1 Å². The summed E-state index contributed by atoms with van der Waals surface area (Å²) in [5.74, 6) is -0.128. The van der Waals surface area contributed by atoms with Gasteiger partial charge >= 0.3 is 0 Å². The highest BCUT2D eigenvalue weighted by molar-refractivity contribution is 5.35. The lowest BCUT2D eigenvalue weighted by atomic mass is 10.0. The van der Waals surface area contributed by atoms with Gasteiger partial charge in [0.1, 0.15) is 12.3 Å². The predicted octanol–water partition coefficient (Wildman–Crippen LogP) is 1.81. The molecule has 1 unspecified atom stereocenters. The molecule has 1 aromatic carbocycles. The Morgan fingerprint density at radius 2 is 2.25 bits per heavy atom. The topological polar surface area (TPSA) is 66.0 Å². The first-order valence-electron chi connectivity index (χ1n) is 6.61. The van der Waals surface area contributed by atoms with Crippen LogP contribution in [0.2, 0.25) is 0 Å². The number of para-hydroxylation sites is 1. The van der Waals surface area contributed by atoms with Crippen molar-refractivity contribution in [1.82, 2.24) is 15.0 Å². The molecular formula is C14H19FN4O. The molecule has 0 aliphatic carbocycles. The highest BCUT2D eigenvalue weighted by Gasteiger charge is 2.13. The van der Waals surface area contributed by atoms with Gasteiger partial charge < -0.3 is 10.5 Å². The van der Waals surface area contributed by atoms with E-state index in [-0.39, 0.29) is 24.2 Å². The smallest absolute Gasteiger partial charge is 0.165 e. The summed E-state index contributed by atoms with van der Waals surface area (Å²) in [5, 5.41) is 7.72. The molecule has 0 spiro atoms. The highest BCUT2D eigenvalue weighted by Crippen LogP contribution is 2.25. The average Bonchev–Trinajstić information content (AvgIpc) is 2.83. The minimum absolute atomic E-state index is 0.00401. The number of ether oxygens (including phenoxy) is 1. The number of nitrogens with zero attached hydrogens (tertiary/aromatic N) is 3. The Bertz CT molecular complexity index is 570. The Labute approximate surface area is 117 Å². The SMILES string of the molecule is CCC(N)Cc1cccc(F)c1OCc1cn(C)nn1. The Kier molecular flexibility index (Phi) is 4.68. The summed E-state index contributed by atoms with van der Waals surface area (Å²) in [5.41, 5.74) is 7.37. The minimum Gasteiger partial charge on any atom is -0.484 e. The van der Waals surface area contributed by atoms with E-state index in [1.165, 1.54) is 6.07 Å². The zero-order valence-electron chi connectivity index (χ0n) is 11.7. The van der Waals surface area contributed by atoms with Crippen molar-refractivity contribution >= 4 is 0 Å². The summed E-state index contributed by atoms with van der Waals surface area (Å²) in [6.07, 6.45) is 3.16. The van der Waals surface area contributed by atoms with Crippen molar-refractivity contribution in [2.24, 2.45) is 12.8 Å². The Morgan fingerprint density at radius 3 is 2.90 bits per heavy atom. The molecule has 0 amide bonds. The number of hydrogen-bond acceptors (Lipinski definition) is 4. The van der Waals surface area contributed by atoms with E-state index < -0.39 is 0 Å². The molecule has 0 radical (unpaired) electrons. The van der Waals surface area contributed by atoms with Gasteiger partial charge in [-0.05, 0) is 24.5 Å². The molecule has 2 N–H and O–H groups in total. The van der Waals surface area contributed by atoms with Crippen molar-refractivity contribution in [3.63, 3.8) is 0 Å². The van der Waals surface area contributed by atoms with Gasteiger partial charge in [-0.2, -0.15) is 0 Å². The maximum absolute atomic E-state index is 13.9. The summed E-state index contributed by atoms with van der Waals surface area (Å²) in [7, 11) is 1.77. The van der Waals surface area contributed by atoms with E-state index >= 15 is 0 Å². The normalized spacial score (nSPS) is 12.4. The fourth-order valence-corrected chi connectivity index (χ4v) is 1.91. The minimum atomic E-state index is -0.380. The molecule has 0 fully saturated rings. The molecule has 0 saturated heterocycles. The molecule has 1 heterocycles. The monoisotopic (exact) mass is 278 g/mol. The van der Waals surface area contributed by atoms with Crippen LogP contribution in [0.5, 0.6) is 5.75 Å². The molecular weight excluding hydrogens is 259 g/mol. The van der Waals surface area contributed by atoms with Crippen LogP contribution < -0.4 is 10.5 Å². The second-order valence-corrected chi connectivity index (χ2v) is 4.77. The molecule has 1 aromatic heterocycles. The van der Waals surface area contributed by atoms with E-state index in [1.54, 1.807) is 24.0 Å². The molecule has 2 aromatic rings.